The Hall–Kier alpha value is -3.20. The van der Waals surface area contributed by atoms with Crippen molar-refractivity contribution in [3.05, 3.63) is 54.6 Å². The largest absolute Gasteiger partial charge is 0.478 e. The summed E-state index contributed by atoms with van der Waals surface area (Å²) in [6.07, 6.45) is 4.67. The Morgan fingerprint density at radius 2 is 2.00 bits per heavy atom. The van der Waals surface area contributed by atoms with Crippen LogP contribution in [0, 0.1) is 11.3 Å². The molecule has 3 rings (SSSR count). The summed E-state index contributed by atoms with van der Waals surface area (Å²) in [5, 5.41) is 22.4. The summed E-state index contributed by atoms with van der Waals surface area (Å²) in [6.45, 7) is -0.00812. The van der Waals surface area contributed by atoms with Gasteiger partial charge in [0.2, 0.25) is 0 Å². The molecule has 6 heteroatoms. The van der Waals surface area contributed by atoms with Gasteiger partial charge >= 0.3 is 0 Å². The van der Waals surface area contributed by atoms with Gasteiger partial charge in [-0.3, -0.25) is 0 Å². The number of hydrogen-bond acceptors (Lipinski definition) is 5. The fourth-order valence-corrected chi connectivity index (χ4v) is 2.02. The lowest BCUT2D eigenvalue weighted by molar-refractivity contribution is 0.368. The molecule has 0 spiro atoms. The van der Waals surface area contributed by atoms with Crippen molar-refractivity contribution in [2.24, 2.45) is 5.10 Å². The quantitative estimate of drug-likeness (QED) is 0.685. The van der Waals surface area contributed by atoms with Crippen LogP contribution >= 0.6 is 0 Å². The molecule has 0 saturated heterocycles. The molecule has 0 unspecified atom stereocenters. The van der Waals surface area contributed by atoms with Crippen molar-refractivity contribution >= 4 is 17.0 Å². The second-order valence-corrected chi connectivity index (χ2v) is 4.23. The first kappa shape index (κ1) is 12.8. The lowest BCUT2D eigenvalue weighted by atomic mass is 10.0. The van der Waals surface area contributed by atoms with Crippen molar-refractivity contribution in [2.75, 3.05) is 6.61 Å². The first-order chi connectivity index (χ1) is 10.4. The fraction of sp³-hybridized carbons (Fsp3) is 0.0667. The van der Waals surface area contributed by atoms with Gasteiger partial charge in [0.1, 0.15) is 24.5 Å². The topological polar surface area (TPSA) is 76.1 Å². The highest BCUT2D eigenvalue weighted by molar-refractivity contribution is 6.02. The van der Waals surface area contributed by atoms with Crippen molar-refractivity contribution in [2.45, 2.75) is 0 Å². The summed E-state index contributed by atoms with van der Waals surface area (Å²) in [6, 6.07) is 13.7. The number of rotatable bonds is 4. The molecule has 0 N–H and O–H groups in total. The van der Waals surface area contributed by atoms with E-state index in [1.165, 1.54) is 17.3 Å². The van der Waals surface area contributed by atoms with Crippen LogP contribution in [-0.2, 0) is 0 Å². The molecular formula is C15H11N5O. The van der Waals surface area contributed by atoms with Crippen LogP contribution in [0.25, 0.3) is 10.8 Å². The minimum atomic E-state index is -0.00812. The van der Waals surface area contributed by atoms with E-state index in [0.29, 0.717) is 5.75 Å². The molecule has 1 heterocycles. The molecule has 0 saturated carbocycles. The van der Waals surface area contributed by atoms with Crippen molar-refractivity contribution in [3.63, 3.8) is 0 Å². The van der Waals surface area contributed by atoms with Crippen LogP contribution in [0.3, 0.4) is 0 Å². The Morgan fingerprint density at radius 1 is 1.19 bits per heavy atom. The molecular weight excluding hydrogens is 266 g/mol. The van der Waals surface area contributed by atoms with Crippen LogP contribution in [0.5, 0.6) is 5.75 Å². The van der Waals surface area contributed by atoms with Gasteiger partial charge in [-0.15, -0.1) is 10.2 Å². The van der Waals surface area contributed by atoms with E-state index in [0.717, 1.165) is 16.3 Å². The van der Waals surface area contributed by atoms with Crippen molar-refractivity contribution in [1.82, 2.24) is 14.9 Å². The Balaban J connectivity index is 2.09. The average Bonchev–Trinajstić information content (AvgIpc) is 3.04. The minimum absolute atomic E-state index is 0.00812. The van der Waals surface area contributed by atoms with Gasteiger partial charge in [-0.05, 0) is 16.8 Å². The number of nitriles is 1. The average molecular weight is 277 g/mol. The van der Waals surface area contributed by atoms with Crippen LogP contribution < -0.4 is 4.74 Å². The molecule has 0 aliphatic rings. The van der Waals surface area contributed by atoms with Gasteiger partial charge in [0, 0.05) is 5.56 Å². The number of aromatic nitrogens is 3. The van der Waals surface area contributed by atoms with E-state index >= 15 is 0 Å². The SMILES string of the molecule is N#CCOc1ccc2ccccc2c1/C=N\n1cnnc1. The minimum Gasteiger partial charge on any atom is -0.478 e. The molecule has 6 nitrogen and oxygen atoms in total. The lowest BCUT2D eigenvalue weighted by Gasteiger charge is -2.09. The van der Waals surface area contributed by atoms with E-state index in [4.69, 9.17) is 10.00 Å². The predicted molar refractivity (Wildman–Crippen MR) is 78.1 cm³/mol. The van der Waals surface area contributed by atoms with Crippen molar-refractivity contribution < 1.29 is 4.74 Å². The third kappa shape index (κ3) is 2.72. The molecule has 0 atom stereocenters. The second kappa shape index (κ2) is 5.84. The molecule has 3 aromatic rings. The van der Waals surface area contributed by atoms with E-state index < -0.39 is 0 Å². The molecule has 0 aliphatic carbocycles. The summed E-state index contributed by atoms with van der Waals surface area (Å²) in [5.74, 6) is 0.618. The maximum atomic E-state index is 8.68. The molecule has 21 heavy (non-hydrogen) atoms. The van der Waals surface area contributed by atoms with Crippen molar-refractivity contribution in [3.8, 4) is 11.8 Å². The zero-order chi connectivity index (χ0) is 14.5. The number of benzene rings is 2. The van der Waals surface area contributed by atoms with Crippen LogP contribution in [0.1, 0.15) is 5.56 Å². The Labute approximate surface area is 120 Å². The maximum Gasteiger partial charge on any atom is 0.174 e. The molecule has 0 aliphatic heterocycles. The summed E-state index contributed by atoms with van der Waals surface area (Å²) in [7, 11) is 0. The Bertz CT molecular complexity index is 818. The lowest BCUT2D eigenvalue weighted by Crippen LogP contribution is -1.99. The van der Waals surface area contributed by atoms with Gasteiger partial charge < -0.3 is 4.74 Å². The molecule has 2 aromatic carbocycles. The Morgan fingerprint density at radius 3 is 2.81 bits per heavy atom. The Kier molecular flexibility index (Phi) is 3.56. The van der Waals surface area contributed by atoms with Gasteiger partial charge in [0.25, 0.3) is 0 Å². The standard InChI is InChI=1S/C15H11N5O/c16-7-8-21-15-6-5-12-3-1-2-4-13(12)14(15)9-19-20-10-17-18-11-20/h1-6,9-11H,8H2/b19-9-. The maximum absolute atomic E-state index is 8.68. The van der Waals surface area contributed by atoms with Crippen LogP contribution in [-0.4, -0.2) is 27.7 Å². The highest BCUT2D eigenvalue weighted by Crippen LogP contribution is 2.26. The van der Waals surface area contributed by atoms with Gasteiger partial charge in [0.05, 0.1) is 6.21 Å². The predicted octanol–water partition coefficient (Wildman–Crippen LogP) is 2.22. The second-order valence-electron chi connectivity index (χ2n) is 4.23. The zero-order valence-electron chi connectivity index (χ0n) is 11.0. The number of ether oxygens (including phenoxy) is 1. The smallest absolute Gasteiger partial charge is 0.174 e. The highest BCUT2D eigenvalue weighted by atomic mass is 16.5. The first-order valence-corrected chi connectivity index (χ1v) is 6.29. The van der Waals surface area contributed by atoms with Crippen LogP contribution in [0.4, 0.5) is 0 Å². The van der Waals surface area contributed by atoms with Crippen LogP contribution in [0.2, 0.25) is 0 Å². The van der Waals surface area contributed by atoms with E-state index in [1.54, 1.807) is 6.21 Å². The van der Waals surface area contributed by atoms with E-state index in [9.17, 15) is 0 Å². The highest BCUT2D eigenvalue weighted by Gasteiger charge is 2.07. The summed E-state index contributed by atoms with van der Waals surface area (Å²) in [4.78, 5) is 0. The molecule has 1 aromatic heterocycles. The van der Waals surface area contributed by atoms with Gasteiger partial charge in [-0.2, -0.15) is 10.4 Å². The molecule has 0 bridgehead atoms. The number of nitrogens with zero attached hydrogens (tertiary/aromatic N) is 5. The third-order valence-electron chi connectivity index (χ3n) is 2.95. The normalized spacial score (nSPS) is 10.8. The summed E-state index contributed by atoms with van der Waals surface area (Å²) in [5.41, 5.74) is 0.817. The van der Waals surface area contributed by atoms with E-state index in [2.05, 4.69) is 15.3 Å². The van der Waals surface area contributed by atoms with E-state index in [-0.39, 0.29) is 6.61 Å². The van der Waals surface area contributed by atoms with Crippen molar-refractivity contribution in [1.29, 1.82) is 5.26 Å². The molecule has 0 radical (unpaired) electrons. The number of fused-ring (bicyclic) bond motifs is 1. The number of hydrogen-bond donors (Lipinski definition) is 0. The molecule has 0 fully saturated rings. The van der Waals surface area contributed by atoms with Gasteiger partial charge in [-0.25, -0.2) is 4.68 Å². The first-order valence-electron chi connectivity index (χ1n) is 6.29. The van der Waals surface area contributed by atoms with Crippen LogP contribution in [0.15, 0.2) is 54.2 Å². The summed E-state index contributed by atoms with van der Waals surface area (Å²) < 4.78 is 6.97. The summed E-state index contributed by atoms with van der Waals surface area (Å²) >= 11 is 0. The van der Waals surface area contributed by atoms with E-state index in [1.807, 2.05) is 42.5 Å². The van der Waals surface area contributed by atoms with Gasteiger partial charge in [0.15, 0.2) is 6.61 Å². The monoisotopic (exact) mass is 277 g/mol. The molecule has 0 amide bonds. The zero-order valence-corrected chi connectivity index (χ0v) is 11.0. The third-order valence-corrected chi connectivity index (χ3v) is 2.95. The fourth-order valence-electron chi connectivity index (χ4n) is 2.02. The van der Waals surface area contributed by atoms with Gasteiger partial charge in [-0.1, -0.05) is 30.3 Å². The molecule has 102 valence electrons.